The highest BCUT2D eigenvalue weighted by Crippen LogP contribution is 2.27. The zero-order chi connectivity index (χ0) is 13.0. The van der Waals surface area contributed by atoms with Gasteiger partial charge in [-0.15, -0.1) is 0 Å². The van der Waals surface area contributed by atoms with Gasteiger partial charge in [-0.1, -0.05) is 6.07 Å². The molecule has 90 valence electrons. The van der Waals surface area contributed by atoms with Gasteiger partial charge in [0.15, 0.2) is 0 Å². The van der Waals surface area contributed by atoms with E-state index in [4.69, 9.17) is 5.26 Å². The molecule has 0 atom stereocenters. The van der Waals surface area contributed by atoms with E-state index in [1.165, 1.54) is 0 Å². The largest absolute Gasteiger partial charge is 0.508 e. The summed E-state index contributed by atoms with van der Waals surface area (Å²) in [7, 11) is 0. The van der Waals surface area contributed by atoms with E-state index in [0.717, 1.165) is 17.9 Å². The number of anilines is 2. The fourth-order valence-electron chi connectivity index (χ4n) is 1.82. The van der Waals surface area contributed by atoms with Crippen LogP contribution < -0.4 is 4.90 Å². The van der Waals surface area contributed by atoms with Crippen molar-refractivity contribution in [1.29, 1.82) is 5.26 Å². The number of hydrogen-bond acceptors (Lipinski definition) is 4. The molecule has 4 nitrogen and oxygen atoms in total. The Balaban J connectivity index is 2.42. The van der Waals surface area contributed by atoms with Crippen LogP contribution in [0.2, 0.25) is 0 Å². The summed E-state index contributed by atoms with van der Waals surface area (Å²) in [6, 6.07) is 12.6. The monoisotopic (exact) mass is 239 g/mol. The van der Waals surface area contributed by atoms with Gasteiger partial charge in [-0.25, -0.2) is 4.98 Å². The number of nitrogens with zero attached hydrogens (tertiary/aromatic N) is 3. The lowest BCUT2D eigenvalue weighted by Gasteiger charge is -2.23. The molecule has 0 radical (unpaired) electrons. The normalized spacial score (nSPS) is 9.78. The number of aromatic hydroxyl groups is 1. The first kappa shape index (κ1) is 11.9. The second kappa shape index (κ2) is 5.19. The van der Waals surface area contributed by atoms with Crippen LogP contribution in [0.3, 0.4) is 0 Å². The van der Waals surface area contributed by atoms with Crippen molar-refractivity contribution in [2.24, 2.45) is 0 Å². The van der Waals surface area contributed by atoms with E-state index in [1.807, 2.05) is 30.0 Å². The molecule has 4 heteroatoms. The van der Waals surface area contributed by atoms with Crippen molar-refractivity contribution in [3.63, 3.8) is 0 Å². The van der Waals surface area contributed by atoms with Crippen molar-refractivity contribution < 1.29 is 5.11 Å². The van der Waals surface area contributed by atoms with E-state index in [1.54, 1.807) is 30.5 Å². The second-order valence-electron chi connectivity index (χ2n) is 3.78. The molecular weight excluding hydrogens is 226 g/mol. The van der Waals surface area contributed by atoms with Gasteiger partial charge in [-0.05, 0) is 31.2 Å². The molecule has 0 saturated heterocycles. The first-order valence-corrected chi connectivity index (χ1v) is 5.67. The van der Waals surface area contributed by atoms with Gasteiger partial charge >= 0.3 is 0 Å². The molecule has 0 aliphatic rings. The van der Waals surface area contributed by atoms with Crippen LogP contribution in [0, 0.1) is 11.3 Å². The Morgan fingerprint density at radius 2 is 2.06 bits per heavy atom. The maximum atomic E-state index is 9.51. The van der Waals surface area contributed by atoms with Gasteiger partial charge < -0.3 is 10.0 Å². The molecule has 2 aromatic rings. The first-order chi connectivity index (χ1) is 8.74. The van der Waals surface area contributed by atoms with Gasteiger partial charge in [-0.2, -0.15) is 5.26 Å². The lowest BCUT2D eigenvalue weighted by Crippen LogP contribution is -2.16. The van der Waals surface area contributed by atoms with Crippen molar-refractivity contribution >= 4 is 11.4 Å². The van der Waals surface area contributed by atoms with Gasteiger partial charge in [0.1, 0.15) is 17.5 Å². The number of nitriles is 1. The third-order valence-electron chi connectivity index (χ3n) is 2.63. The molecule has 18 heavy (non-hydrogen) atoms. The molecule has 1 heterocycles. The fourth-order valence-corrected chi connectivity index (χ4v) is 1.82. The predicted molar refractivity (Wildman–Crippen MR) is 69.7 cm³/mol. The standard InChI is InChI=1S/C14H13N3O/c1-2-17(12-4-3-5-14(18)9-12)13-6-7-16-11(8-13)10-15/h3-9,18H,2H2,1H3. The Morgan fingerprint density at radius 3 is 2.72 bits per heavy atom. The van der Waals surface area contributed by atoms with Crippen LogP contribution in [0.4, 0.5) is 11.4 Å². The van der Waals surface area contributed by atoms with Gasteiger partial charge in [-0.3, -0.25) is 0 Å². The van der Waals surface area contributed by atoms with Gasteiger partial charge in [0, 0.05) is 30.2 Å². The highest BCUT2D eigenvalue weighted by Gasteiger charge is 2.08. The molecule has 0 aliphatic carbocycles. The minimum atomic E-state index is 0.223. The van der Waals surface area contributed by atoms with Crippen LogP contribution in [0.5, 0.6) is 5.75 Å². The average molecular weight is 239 g/mol. The fraction of sp³-hybridized carbons (Fsp3) is 0.143. The number of phenols is 1. The summed E-state index contributed by atoms with van der Waals surface area (Å²) in [5.74, 6) is 0.223. The number of benzene rings is 1. The number of hydrogen-bond donors (Lipinski definition) is 1. The Morgan fingerprint density at radius 1 is 1.28 bits per heavy atom. The third-order valence-corrected chi connectivity index (χ3v) is 2.63. The maximum absolute atomic E-state index is 9.51. The summed E-state index contributed by atoms with van der Waals surface area (Å²) in [5.41, 5.74) is 2.15. The smallest absolute Gasteiger partial charge is 0.142 e. The maximum Gasteiger partial charge on any atom is 0.142 e. The van der Waals surface area contributed by atoms with Crippen molar-refractivity contribution in [3.05, 3.63) is 48.3 Å². The van der Waals surface area contributed by atoms with E-state index in [2.05, 4.69) is 4.98 Å². The summed E-state index contributed by atoms with van der Waals surface area (Å²) in [4.78, 5) is 5.95. The van der Waals surface area contributed by atoms with Crippen LogP contribution in [0.1, 0.15) is 12.6 Å². The molecule has 0 amide bonds. The van der Waals surface area contributed by atoms with E-state index in [9.17, 15) is 5.11 Å². The highest BCUT2D eigenvalue weighted by atomic mass is 16.3. The minimum absolute atomic E-state index is 0.223. The molecule has 0 spiro atoms. The van der Waals surface area contributed by atoms with Crippen molar-refractivity contribution in [3.8, 4) is 11.8 Å². The number of rotatable bonds is 3. The van der Waals surface area contributed by atoms with Gasteiger partial charge in [0.05, 0.1) is 0 Å². The zero-order valence-corrected chi connectivity index (χ0v) is 10.0. The molecule has 0 saturated carbocycles. The number of pyridine rings is 1. The highest BCUT2D eigenvalue weighted by molar-refractivity contribution is 5.64. The average Bonchev–Trinajstić information content (AvgIpc) is 2.40. The molecule has 2 rings (SSSR count). The Hall–Kier alpha value is -2.54. The van der Waals surface area contributed by atoms with Crippen LogP contribution >= 0.6 is 0 Å². The Kier molecular flexibility index (Phi) is 3.44. The van der Waals surface area contributed by atoms with E-state index >= 15 is 0 Å². The lowest BCUT2D eigenvalue weighted by atomic mass is 10.2. The Bertz CT molecular complexity index is 590. The topological polar surface area (TPSA) is 60.1 Å². The van der Waals surface area contributed by atoms with E-state index in [0.29, 0.717) is 5.69 Å². The molecule has 0 unspecified atom stereocenters. The summed E-state index contributed by atoms with van der Waals surface area (Å²) < 4.78 is 0. The molecule has 1 aromatic carbocycles. The second-order valence-corrected chi connectivity index (χ2v) is 3.78. The predicted octanol–water partition coefficient (Wildman–Crippen LogP) is 2.82. The van der Waals surface area contributed by atoms with Gasteiger partial charge in [0.25, 0.3) is 0 Å². The van der Waals surface area contributed by atoms with Crippen LogP contribution in [-0.2, 0) is 0 Å². The third kappa shape index (κ3) is 2.41. The number of phenolic OH excluding ortho intramolecular Hbond substituents is 1. The molecular formula is C14H13N3O. The summed E-state index contributed by atoms with van der Waals surface area (Å²) in [5, 5.41) is 18.4. The summed E-state index contributed by atoms with van der Waals surface area (Å²) in [6.07, 6.45) is 1.61. The van der Waals surface area contributed by atoms with Crippen LogP contribution in [0.15, 0.2) is 42.6 Å². The van der Waals surface area contributed by atoms with Crippen molar-refractivity contribution in [2.75, 3.05) is 11.4 Å². The van der Waals surface area contributed by atoms with Crippen LogP contribution in [0.25, 0.3) is 0 Å². The molecule has 1 N–H and O–H groups in total. The minimum Gasteiger partial charge on any atom is -0.508 e. The molecule has 0 bridgehead atoms. The molecule has 0 aliphatic heterocycles. The number of aromatic nitrogens is 1. The van der Waals surface area contributed by atoms with Gasteiger partial charge in [0.2, 0.25) is 0 Å². The summed E-state index contributed by atoms with van der Waals surface area (Å²) >= 11 is 0. The molecule has 1 aromatic heterocycles. The van der Waals surface area contributed by atoms with Crippen LogP contribution in [-0.4, -0.2) is 16.6 Å². The van der Waals surface area contributed by atoms with E-state index in [-0.39, 0.29) is 5.75 Å². The Labute approximate surface area is 106 Å². The van der Waals surface area contributed by atoms with Crippen molar-refractivity contribution in [2.45, 2.75) is 6.92 Å². The first-order valence-electron chi connectivity index (χ1n) is 5.67. The van der Waals surface area contributed by atoms with Crippen molar-refractivity contribution in [1.82, 2.24) is 4.98 Å². The quantitative estimate of drug-likeness (QED) is 0.894. The zero-order valence-electron chi connectivity index (χ0n) is 10.0. The van der Waals surface area contributed by atoms with E-state index < -0.39 is 0 Å². The lowest BCUT2D eigenvalue weighted by molar-refractivity contribution is 0.475. The molecule has 0 fully saturated rings. The summed E-state index contributed by atoms with van der Waals surface area (Å²) in [6.45, 7) is 2.74. The SMILES string of the molecule is CCN(c1cccc(O)c1)c1ccnc(C#N)c1.